The second kappa shape index (κ2) is 5.09. The highest BCUT2D eigenvalue weighted by Gasteiger charge is 2.30. The standard InChI is InChI=1S/C15H23NO/c1-4-16(5-2)14-10-9-13-12(11(14)3)7-6-8-15(13)17/h6-8,11,14,17H,4-5,9-10H2,1-3H3. The fraction of sp³-hybridized carbons (Fsp3) is 0.600. The molecule has 2 heteroatoms. The zero-order valence-electron chi connectivity index (χ0n) is 11.1. The van der Waals surface area contributed by atoms with Crippen LogP contribution in [0.15, 0.2) is 18.2 Å². The van der Waals surface area contributed by atoms with Gasteiger partial charge in [-0.3, -0.25) is 0 Å². The molecular formula is C15H23NO. The number of hydrogen-bond donors (Lipinski definition) is 1. The Morgan fingerprint density at radius 3 is 2.65 bits per heavy atom. The van der Waals surface area contributed by atoms with Crippen molar-refractivity contribution in [3.05, 3.63) is 29.3 Å². The van der Waals surface area contributed by atoms with Gasteiger partial charge >= 0.3 is 0 Å². The number of hydrogen-bond acceptors (Lipinski definition) is 2. The van der Waals surface area contributed by atoms with Gasteiger partial charge in [0.2, 0.25) is 0 Å². The zero-order valence-corrected chi connectivity index (χ0v) is 11.1. The molecular weight excluding hydrogens is 210 g/mol. The van der Waals surface area contributed by atoms with E-state index in [1.807, 2.05) is 12.1 Å². The first kappa shape index (κ1) is 12.4. The van der Waals surface area contributed by atoms with E-state index in [4.69, 9.17) is 0 Å². The lowest BCUT2D eigenvalue weighted by atomic mass is 9.79. The maximum atomic E-state index is 9.90. The molecule has 2 unspecified atom stereocenters. The van der Waals surface area contributed by atoms with E-state index in [-0.39, 0.29) is 0 Å². The van der Waals surface area contributed by atoms with Crippen molar-refractivity contribution in [3.63, 3.8) is 0 Å². The molecule has 1 aliphatic rings. The van der Waals surface area contributed by atoms with Gasteiger partial charge in [-0.25, -0.2) is 0 Å². The number of phenols is 1. The molecule has 1 aromatic rings. The van der Waals surface area contributed by atoms with E-state index in [9.17, 15) is 5.11 Å². The average Bonchev–Trinajstić information content (AvgIpc) is 2.34. The van der Waals surface area contributed by atoms with Crippen molar-refractivity contribution in [2.45, 2.75) is 45.6 Å². The van der Waals surface area contributed by atoms with E-state index in [0.29, 0.717) is 17.7 Å². The Kier molecular flexibility index (Phi) is 3.72. The van der Waals surface area contributed by atoms with E-state index in [1.165, 1.54) is 11.1 Å². The minimum atomic E-state index is 0.479. The van der Waals surface area contributed by atoms with E-state index in [1.54, 1.807) is 0 Å². The molecule has 1 aromatic carbocycles. The summed E-state index contributed by atoms with van der Waals surface area (Å²) < 4.78 is 0. The van der Waals surface area contributed by atoms with Crippen molar-refractivity contribution >= 4 is 0 Å². The molecule has 17 heavy (non-hydrogen) atoms. The SMILES string of the molecule is CCN(CC)C1CCc2c(O)cccc2C1C. The summed E-state index contributed by atoms with van der Waals surface area (Å²) in [7, 11) is 0. The Labute approximate surface area is 104 Å². The summed E-state index contributed by atoms with van der Waals surface area (Å²) in [5.41, 5.74) is 2.51. The van der Waals surface area contributed by atoms with Crippen molar-refractivity contribution in [2.75, 3.05) is 13.1 Å². The number of fused-ring (bicyclic) bond motifs is 1. The first-order valence-corrected chi connectivity index (χ1v) is 6.73. The maximum Gasteiger partial charge on any atom is 0.119 e. The molecule has 0 fully saturated rings. The Hall–Kier alpha value is -1.02. The van der Waals surface area contributed by atoms with Crippen molar-refractivity contribution in [3.8, 4) is 5.75 Å². The molecule has 2 rings (SSSR count). The largest absolute Gasteiger partial charge is 0.508 e. The second-order valence-electron chi connectivity index (χ2n) is 4.96. The fourth-order valence-electron chi connectivity index (χ4n) is 3.23. The van der Waals surface area contributed by atoms with Crippen molar-refractivity contribution in [1.29, 1.82) is 0 Å². The minimum absolute atomic E-state index is 0.479. The van der Waals surface area contributed by atoms with Crippen LogP contribution in [0.1, 0.15) is 44.2 Å². The van der Waals surface area contributed by atoms with Crippen LogP contribution in [0.25, 0.3) is 0 Å². The number of rotatable bonds is 3. The zero-order chi connectivity index (χ0) is 12.4. The quantitative estimate of drug-likeness (QED) is 0.867. The van der Waals surface area contributed by atoms with Crippen LogP contribution >= 0.6 is 0 Å². The van der Waals surface area contributed by atoms with Gasteiger partial charge in [-0.2, -0.15) is 0 Å². The third-order valence-corrected chi connectivity index (χ3v) is 4.23. The molecule has 2 atom stereocenters. The monoisotopic (exact) mass is 233 g/mol. The van der Waals surface area contributed by atoms with Gasteiger partial charge in [0.1, 0.15) is 5.75 Å². The van der Waals surface area contributed by atoms with Gasteiger partial charge in [0, 0.05) is 6.04 Å². The summed E-state index contributed by atoms with van der Waals surface area (Å²) in [5, 5.41) is 9.90. The number of likely N-dealkylation sites (N-methyl/N-ethyl adjacent to an activating group) is 1. The van der Waals surface area contributed by atoms with Gasteiger partial charge in [0.25, 0.3) is 0 Å². The van der Waals surface area contributed by atoms with Crippen LogP contribution in [-0.4, -0.2) is 29.1 Å². The predicted octanol–water partition coefficient (Wildman–Crippen LogP) is 3.15. The van der Waals surface area contributed by atoms with Crippen LogP contribution in [-0.2, 0) is 6.42 Å². The summed E-state index contributed by atoms with van der Waals surface area (Å²) in [6.45, 7) is 8.97. The molecule has 0 radical (unpaired) electrons. The predicted molar refractivity (Wildman–Crippen MR) is 71.6 cm³/mol. The number of benzene rings is 1. The smallest absolute Gasteiger partial charge is 0.119 e. The van der Waals surface area contributed by atoms with Crippen LogP contribution in [0.3, 0.4) is 0 Å². The van der Waals surface area contributed by atoms with Crippen LogP contribution in [0.2, 0.25) is 0 Å². The Balaban J connectivity index is 2.30. The van der Waals surface area contributed by atoms with Gasteiger partial charge in [0.05, 0.1) is 0 Å². The first-order valence-electron chi connectivity index (χ1n) is 6.73. The maximum absolute atomic E-state index is 9.90. The lowest BCUT2D eigenvalue weighted by Gasteiger charge is -2.38. The van der Waals surface area contributed by atoms with Crippen molar-refractivity contribution in [2.24, 2.45) is 0 Å². The summed E-state index contributed by atoms with van der Waals surface area (Å²) in [5.74, 6) is 0.998. The lowest BCUT2D eigenvalue weighted by molar-refractivity contribution is 0.175. The van der Waals surface area contributed by atoms with Crippen LogP contribution in [0.5, 0.6) is 5.75 Å². The van der Waals surface area contributed by atoms with Gasteiger partial charge < -0.3 is 10.0 Å². The van der Waals surface area contributed by atoms with Gasteiger partial charge in [-0.05, 0) is 49.0 Å². The third kappa shape index (κ3) is 2.19. The van der Waals surface area contributed by atoms with E-state index in [2.05, 4.69) is 31.7 Å². The van der Waals surface area contributed by atoms with Gasteiger partial charge in [-0.15, -0.1) is 0 Å². The van der Waals surface area contributed by atoms with E-state index in [0.717, 1.165) is 25.9 Å². The van der Waals surface area contributed by atoms with E-state index >= 15 is 0 Å². The Morgan fingerprint density at radius 1 is 1.29 bits per heavy atom. The normalized spacial score (nSPS) is 23.8. The summed E-state index contributed by atoms with van der Waals surface area (Å²) in [6, 6.07) is 6.58. The number of aromatic hydroxyl groups is 1. The number of nitrogens with zero attached hydrogens (tertiary/aromatic N) is 1. The molecule has 0 spiro atoms. The summed E-state index contributed by atoms with van der Waals surface area (Å²) >= 11 is 0. The van der Waals surface area contributed by atoms with Gasteiger partial charge in [0.15, 0.2) is 0 Å². The van der Waals surface area contributed by atoms with Crippen molar-refractivity contribution < 1.29 is 5.11 Å². The fourth-order valence-corrected chi connectivity index (χ4v) is 3.23. The molecule has 0 bridgehead atoms. The third-order valence-electron chi connectivity index (χ3n) is 4.23. The lowest BCUT2D eigenvalue weighted by Crippen LogP contribution is -2.41. The second-order valence-corrected chi connectivity index (χ2v) is 4.96. The van der Waals surface area contributed by atoms with Crippen LogP contribution in [0, 0.1) is 0 Å². The molecule has 2 nitrogen and oxygen atoms in total. The minimum Gasteiger partial charge on any atom is -0.508 e. The first-order chi connectivity index (χ1) is 8.19. The Bertz CT molecular complexity index is 385. The van der Waals surface area contributed by atoms with E-state index < -0.39 is 0 Å². The highest BCUT2D eigenvalue weighted by Crippen LogP contribution is 2.37. The topological polar surface area (TPSA) is 23.5 Å². The highest BCUT2D eigenvalue weighted by atomic mass is 16.3. The summed E-state index contributed by atoms with van der Waals surface area (Å²) in [4.78, 5) is 2.54. The molecule has 0 saturated carbocycles. The molecule has 0 aromatic heterocycles. The molecule has 0 saturated heterocycles. The Morgan fingerprint density at radius 2 is 2.00 bits per heavy atom. The van der Waals surface area contributed by atoms with Gasteiger partial charge in [-0.1, -0.05) is 32.9 Å². The summed E-state index contributed by atoms with van der Waals surface area (Å²) in [6.07, 6.45) is 2.17. The molecule has 0 aliphatic heterocycles. The molecule has 0 heterocycles. The molecule has 1 aliphatic carbocycles. The average molecular weight is 233 g/mol. The highest BCUT2D eigenvalue weighted by molar-refractivity contribution is 5.43. The molecule has 0 amide bonds. The van der Waals surface area contributed by atoms with Crippen molar-refractivity contribution in [1.82, 2.24) is 4.90 Å². The number of phenolic OH excluding ortho intramolecular Hbond substituents is 1. The molecule has 1 N–H and O–H groups in total. The van der Waals surface area contributed by atoms with Crippen LogP contribution < -0.4 is 0 Å². The molecule has 94 valence electrons. The van der Waals surface area contributed by atoms with Crippen LogP contribution in [0.4, 0.5) is 0 Å².